The lowest BCUT2D eigenvalue weighted by Crippen LogP contribution is -2.38. The van der Waals surface area contributed by atoms with Crippen LogP contribution in [-0.4, -0.2) is 38.1 Å². The molecule has 11 heteroatoms. The Morgan fingerprint density at radius 2 is 1.82 bits per heavy atom. The molecule has 2 aromatic carbocycles. The van der Waals surface area contributed by atoms with E-state index in [0.29, 0.717) is 23.6 Å². The molecule has 0 fully saturated rings. The van der Waals surface area contributed by atoms with Gasteiger partial charge in [-0.25, -0.2) is 9.78 Å². The van der Waals surface area contributed by atoms with Crippen LogP contribution in [0.4, 0.5) is 13.2 Å². The van der Waals surface area contributed by atoms with Crippen LogP contribution in [-0.2, 0) is 11.2 Å². The zero-order valence-electron chi connectivity index (χ0n) is 18.0. The summed E-state index contributed by atoms with van der Waals surface area (Å²) < 4.78 is 50.6. The highest BCUT2D eigenvalue weighted by Gasteiger charge is 2.31. The summed E-state index contributed by atoms with van der Waals surface area (Å²) in [5.41, 5.74) is 0.126. The summed E-state index contributed by atoms with van der Waals surface area (Å²) >= 11 is 2.87. The topological polar surface area (TPSA) is 81.5 Å². The number of ether oxygens (including phenoxy) is 2. The van der Waals surface area contributed by atoms with Crippen molar-refractivity contribution in [1.29, 1.82) is 0 Å². The van der Waals surface area contributed by atoms with Crippen molar-refractivity contribution in [3.05, 3.63) is 53.0 Å². The van der Waals surface area contributed by atoms with E-state index in [1.807, 2.05) is 19.1 Å². The molecular formula is C22H21F3N2O4S2. The van der Waals surface area contributed by atoms with E-state index < -0.39 is 17.9 Å². The zero-order valence-corrected chi connectivity index (χ0v) is 19.6. The molecule has 1 N–H and O–H groups in total. The van der Waals surface area contributed by atoms with E-state index in [1.165, 1.54) is 49.6 Å². The second kappa shape index (κ2) is 10.0. The minimum Gasteiger partial charge on any atom is -0.478 e. The van der Waals surface area contributed by atoms with Crippen molar-refractivity contribution in [2.75, 3.05) is 5.75 Å². The Labute approximate surface area is 196 Å². The predicted octanol–water partition coefficient (Wildman–Crippen LogP) is 5.99. The Bertz CT molecular complexity index is 1120. The number of halogens is 3. The number of benzene rings is 2. The lowest BCUT2D eigenvalue weighted by Gasteiger charge is -2.23. The Balaban J connectivity index is 1.55. The van der Waals surface area contributed by atoms with Gasteiger partial charge in [-0.15, -0.1) is 24.9 Å². The number of alkyl halides is 3. The van der Waals surface area contributed by atoms with Crippen LogP contribution in [0.1, 0.15) is 24.4 Å². The monoisotopic (exact) mass is 498 g/mol. The van der Waals surface area contributed by atoms with Crippen molar-refractivity contribution in [2.24, 2.45) is 0 Å². The van der Waals surface area contributed by atoms with Crippen LogP contribution >= 0.6 is 23.3 Å². The molecule has 0 aliphatic heterocycles. The average molecular weight is 499 g/mol. The van der Waals surface area contributed by atoms with Gasteiger partial charge in [0.05, 0.1) is 0 Å². The van der Waals surface area contributed by atoms with Crippen LogP contribution in [0, 0.1) is 6.92 Å². The quantitative estimate of drug-likeness (QED) is 0.363. The molecule has 1 aromatic heterocycles. The van der Waals surface area contributed by atoms with Crippen LogP contribution < -0.4 is 9.47 Å². The molecule has 0 aliphatic rings. The first-order valence-electron chi connectivity index (χ1n) is 9.77. The normalized spacial score (nSPS) is 11.9. The molecule has 0 radical (unpaired) electrons. The summed E-state index contributed by atoms with van der Waals surface area (Å²) in [6, 6.07) is 11.0. The molecule has 33 heavy (non-hydrogen) atoms. The van der Waals surface area contributed by atoms with E-state index >= 15 is 0 Å². The maximum Gasteiger partial charge on any atom is 0.573 e. The molecule has 0 saturated heterocycles. The van der Waals surface area contributed by atoms with Crippen LogP contribution in [0.2, 0.25) is 0 Å². The molecule has 1 heterocycles. The smallest absolute Gasteiger partial charge is 0.478 e. The van der Waals surface area contributed by atoms with Crippen LogP contribution in [0.3, 0.4) is 0 Å². The summed E-state index contributed by atoms with van der Waals surface area (Å²) in [6.45, 7) is 4.86. The van der Waals surface area contributed by atoms with Crippen molar-refractivity contribution in [1.82, 2.24) is 9.36 Å². The van der Waals surface area contributed by atoms with Gasteiger partial charge in [0.25, 0.3) is 0 Å². The van der Waals surface area contributed by atoms with Gasteiger partial charge in [0, 0.05) is 22.6 Å². The van der Waals surface area contributed by atoms with Gasteiger partial charge in [-0.05, 0) is 80.3 Å². The van der Waals surface area contributed by atoms with Crippen molar-refractivity contribution in [3.63, 3.8) is 0 Å². The number of hydrogen-bond donors (Lipinski definition) is 1. The molecular weight excluding hydrogens is 477 g/mol. The van der Waals surface area contributed by atoms with Gasteiger partial charge in [0.15, 0.2) is 11.4 Å². The predicted molar refractivity (Wildman–Crippen MR) is 120 cm³/mol. The number of nitrogens with zero attached hydrogens (tertiary/aromatic N) is 2. The van der Waals surface area contributed by atoms with Crippen LogP contribution in [0.15, 0.2) is 47.4 Å². The van der Waals surface area contributed by atoms with Crippen LogP contribution in [0.25, 0.3) is 11.4 Å². The fourth-order valence-electron chi connectivity index (χ4n) is 2.68. The number of carboxylic acid groups (broad SMARTS) is 1. The SMILES string of the molecule is Cc1cc(SCCc2nc(-c3ccc(OC(F)(F)F)cc3)ns2)ccc1OC(C)(C)C(=O)O. The first kappa shape index (κ1) is 24.8. The third-order valence-corrected chi connectivity index (χ3v) is 6.19. The maximum absolute atomic E-state index is 12.3. The minimum absolute atomic E-state index is 0.295. The summed E-state index contributed by atoms with van der Waals surface area (Å²) in [7, 11) is 0. The average Bonchev–Trinajstić information content (AvgIpc) is 3.18. The molecule has 3 aromatic rings. The number of thioether (sulfide) groups is 1. The molecule has 0 aliphatic carbocycles. The minimum atomic E-state index is -4.73. The highest BCUT2D eigenvalue weighted by molar-refractivity contribution is 7.99. The van der Waals surface area contributed by atoms with E-state index in [0.717, 1.165) is 21.2 Å². The fraction of sp³-hybridized carbons (Fsp3) is 0.318. The highest BCUT2D eigenvalue weighted by atomic mass is 32.2. The molecule has 0 unspecified atom stereocenters. The summed E-state index contributed by atoms with van der Waals surface area (Å²) in [6.07, 6.45) is -4.06. The third kappa shape index (κ3) is 7.10. The molecule has 6 nitrogen and oxygen atoms in total. The largest absolute Gasteiger partial charge is 0.573 e. The van der Waals surface area contributed by atoms with E-state index in [2.05, 4.69) is 14.1 Å². The summed E-state index contributed by atoms with van der Waals surface area (Å²) in [4.78, 5) is 16.7. The Morgan fingerprint density at radius 3 is 2.42 bits per heavy atom. The van der Waals surface area contributed by atoms with E-state index in [9.17, 15) is 23.1 Å². The summed E-state index contributed by atoms with van der Waals surface area (Å²) in [5.74, 6) is 0.385. The van der Waals surface area contributed by atoms with Gasteiger partial charge in [-0.1, -0.05) is 0 Å². The van der Waals surface area contributed by atoms with Crippen molar-refractivity contribution >= 4 is 29.3 Å². The second-order valence-electron chi connectivity index (χ2n) is 7.53. The van der Waals surface area contributed by atoms with Crippen molar-refractivity contribution in [3.8, 4) is 22.9 Å². The first-order valence-corrected chi connectivity index (χ1v) is 11.5. The molecule has 3 rings (SSSR count). The molecule has 176 valence electrons. The number of aryl methyl sites for hydroxylation is 2. The fourth-order valence-corrected chi connectivity index (χ4v) is 4.42. The lowest BCUT2D eigenvalue weighted by atomic mass is 10.1. The zero-order chi connectivity index (χ0) is 24.2. The Morgan fingerprint density at radius 1 is 1.12 bits per heavy atom. The number of aromatic nitrogens is 2. The Kier molecular flexibility index (Phi) is 7.53. The van der Waals surface area contributed by atoms with E-state index in [-0.39, 0.29) is 5.75 Å². The van der Waals surface area contributed by atoms with Gasteiger partial charge >= 0.3 is 12.3 Å². The molecule has 0 spiro atoms. The molecule has 0 saturated carbocycles. The number of carboxylic acids is 1. The van der Waals surface area contributed by atoms with E-state index in [4.69, 9.17) is 4.74 Å². The second-order valence-corrected chi connectivity index (χ2v) is 9.53. The molecule has 0 bridgehead atoms. The number of carbonyl (C=O) groups is 1. The highest BCUT2D eigenvalue weighted by Crippen LogP contribution is 2.30. The standard InChI is InChI=1S/C22H21F3N2O4S2/c1-13-12-16(8-9-17(13)31-21(2,3)20(28)29)32-11-10-18-26-19(27-33-18)14-4-6-15(7-5-14)30-22(23,24)25/h4-9,12H,10-11H2,1-3H3,(H,28,29). The number of rotatable bonds is 9. The lowest BCUT2D eigenvalue weighted by molar-refractivity contribution is -0.274. The van der Waals surface area contributed by atoms with Gasteiger partial charge in [0.1, 0.15) is 16.5 Å². The number of hydrogen-bond acceptors (Lipinski definition) is 7. The van der Waals surface area contributed by atoms with Crippen LogP contribution in [0.5, 0.6) is 11.5 Å². The molecule has 0 atom stereocenters. The van der Waals surface area contributed by atoms with Gasteiger partial charge in [-0.3, -0.25) is 0 Å². The van der Waals surface area contributed by atoms with Gasteiger partial charge < -0.3 is 14.6 Å². The maximum atomic E-state index is 12.3. The first-order chi connectivity index (χ1) is 15.4. The van der Waals surface area contributed by atoms with Crippen molar-refractivity contribution in [2.45, 2.75) is 44.1 Å². The van der Waals surface area contributed by atoms with E-state index in [1.54, 1.807) is 17.8 Å². The third-order valence-electron chi connectivity index (χ3n) is 4.43. The molecule has 0 amide bonds. The summed E-state index contributed by atoms with van der Waals surface area (Å²) in [5, 5.41) is 10.0. The number of aliphatic carboxylic acids is 1. The van der Waals surface area contributed by atoms with Gasteiger partial charge in [0.2, 0.25) is 0 Å². The van der Waals surface area contributed by atoms with Gasteiger partial charge in [-0.2, -0.15) is 4.37 Å². The van der Waals surface area contributed by atoms with Crippen molar-refractivity contribution < 1.29 is 32.5 Å². The Hall–Kier alpha value is -2.79.